The second kappa shape index (κ2) is 5.74. The van der Waals surface area contributed by atoms with Gasteiger partial charge >= 0.3 is 0 Å². The zero-order chi connectivity index (χ0) is 14.0. The lowest BCUT2D eigenvalue weighted by Gasteiger charge is -2.33. The Hall–Kier alpha value is -1.36. The number of likely N-dealkylation sites (tertiary alicyclic amines) is 1. The Kier molecular flexibility index (Phi) is 4.24. The largest absolute Gasteiger partial charge is 0.361 e. The van der Waals surface area contributed by atoms with Gasteiger partial charge in [0.1, 0.15) is 5.76 Å². The molecule has 0 spiro atoms. The summed E-state index contributed by atoms with van der Waals surface area (Å²) < 4.78 is 5.16. The van der Waals surface area contributed by atoms with E-state index in [1.165, 1.54) is 0 Å². The van der Waals surface area contributed by atoms with E-state index in [2.05, 4.69) is 24.3 Å². The molecular weight excluding hydrogens is 242 g/mol. The molecule has 2 heterocycles. The van der Waals surface area contributed by atoms with Crippen molar-refractivity contribution in [2.24, 2.45) is 0 Å². The molecule has 0 aliphatic carbocycles. The van der Waals surface area contributed by atoms with E-state index in [0.717, 1.165) is 36.4 Å². The van der Waals surface area contributed by atoms with Crippen LogP contribution >= 0.6 is 0 Å². The first-order valence-electron chi connectivity index (χ1n) is 6.95. The van der Waals surface area contributed by atoms with Crippen LogP contribution in [0.15, 0.2) is 4.52 Å². The molecule has 1 aliphatic rings. The van der Waals surface area contributed by atoms with Crippen LogP contribution in [0.3, 0.4) is 0 Å². The third-order valence-corrected chi connectivity index (χ3v) is 3.60. The molecule has 1 aliphatic heterocycles. The third-order valence-electron chi connectivity index (χ3n) is 3.60. The average Bonchev–Trinajstić information content (AvgIpc) is 2.65. The van der Waals surface area contributed by atoms with Crippen LogP contribution in [0.25, 0.3) is 0 Å². The monoisotopic (exact) mass is 265 g/mol. The molecule has 106 valence electrons. The quantitative estimate of drug-likeness (QED) is 0.901. The van der Waals surface area contributed by atoms with Gasteiger partial charge in [-0.25, -0.2) is 0 Å². The minimum absolute atomic E-state index is 0.0470. The highest BCUT2D eigenvalue weighted by atomic mass is 16.5. The van der Waals surface area contributed by atoms with Gasteiger partial charge in [0.25, 0.3) is 0 Å². The van der Waals surface area contributed by atoms with Crippen molar-refractivity contribution in [3.63, 3.8) is 0 Å². The van der Waals surface area contributed by atoms with E-state index in [1.807, 2.05) is 18.7 Å². The van der Waals surface area contributed by atoms with Gasteiger partial charge in [-0.1, -0.05) is 19.0 Å². The Labute approximate surface area is 114 Å². The van der Waals surface area contributed by atoms with Gasteiger partial charge in [0.2, 0.25) is 5.91 Å². The number of rotatable bonds is 4. The van der Waals surface area contributed by atoms with Crippen LogP contribution in [-0.2, 0) is 11.3 Å². The van der Waals surface area contributed by atoms with Crippen LogP contribution in [0.4, 0.5) is 0 Å². The topological polar surface area (TPSA) is 58.4 Å². The summed E-state index contributed by atoms with van der Waals surface area (Å²) in [5, 5.41) is 7.29. The second-order valence-corrected chi connectivity index (χ2v) is 5.58. The summed E-state index contributed by atoms with van der Waals surface area (Å²) in [5.41, 5.74) is 1.92. The fraction of sp³-hybridized carbons (Fsp3) is 0.714. The molecule has 0 aromatic carbocycles. The van der Waals surface area contributed by atoms with Crippen LogP contribution in [0.2, 0.25) is 0 Å². The first-order chi connectivity index (χ1) is 8.99. The number of nitrogens with zero attached hydrogens (tertiary/aromatic N) is 2. The molecule has 19 heavy (non-hydrogen) atoms. The Balaban J connectivity index is 2.06. The van der Waals surface area contributed by atoms with E-state index >= 15 is 0 Å². The van der Waals surface area contributed by atoms with Gasteiger partial charge in [-0.05, 0) is 26.7 Å². The number of aromatic nitrogens is 1. The zero-order valence-corrected chi connectivity index (χ0v) is 12.2. The lowest BCUT2D eigenvalue weighted by atomic mass is 10.0. The third kappa shape index (κ3) is 3.15. The molecular formula is C14H23N3O2. The summed E-state index contributed by atoms with van der Waals surface area (Å²) in [4.78, 5) is 14.3. The molecule has 1 amide bonds. The first-order valence-corrected chi connectivity index (χ1v) is 6.95. The average molecular weight is 265 g/mol. The number of aryl methyl sites for hydroxylation is 2. The van der Waals surface area contributed by atoms with E-state index in [4.69, 9.17) is 4.52 Å². The maximum atomic E-state index is 12.4. The molecule has 1 aromatic heterocycles. The molecule has 0 saturated carbocycles. The Bertz CT molecular complexity index is 434. The molecule has 1 saturated heterocycles. The number of amides is 1. The highest BCUT2D eigenvalue weighted by Gasteiger charge is 2.29. The number of carbonyl (C=O) groups excluding carboxylic acids is 1. The Morgan fingerprint density at radius 3 is 2.79 bits per heavy atom. The molecule has 5 heteroatoms. The van der Waals surface area contributed by atoms with Crippen molar-refractivity contribution < 1.29 is 9.32 Å². The molecule has 1 fully saturated rings. The van der Waals surface area contributed by atoms with Crippen molar-refractivity contribution in [3.8, 4) is 0 Å². The van der Waals surface area contributed by atoms with Crippen molar-refractivity contribution in [3.05, 3.63) is 17.0 Å². The van der Waals surface area contributed by atoms with Gasteiger partial charge in [-0.2, -0.15) is 0 Å². The van der Waals surface area contributed by atoms with E-state index in [1.54, 1.807) is 0 Å². The SMILES string of the molecule is Cc1noc(C)c1CN1CCCC(NC(C)C)C1=O. The van der Waals surface area contributed by atoms with Crippen LogP contribution in [0, 0.1) is 13.8 Å². The van der Waals surface area contributed by atoms with E-state index in [9.17, 15) is 4.79 Å². The fourth-order valence-corrected chi connectivity index (χ4v) is 2.57. The van der Waals surface area contributed by atoms with Crippen LogP contribution in [0.5, 0.6) is 0 Å². The normalized spacial score (nSPS) is 20.4. The summed E-state index contributed by atoms with van der Waals surface area (Å²) in [6.45, 7) is 9.38. The van der Waals surface area contributed by atoms with Gasteiger partial charge in [-0.15, -0.1) is 0 Å². The summed E-state index contributed by atoms with van der Waals surface area (Å²) in [5.74, 6) is 1.00. The van der Waals surface area contributed by atoms with Crippen LogP contribution in [-0.4, -0.2) is 34.6 Å². The molecule has 1 aromatic rings. The number of hydrogen-bond acceptors (Lipinski definition) is 4. The van der Waals surface area contributed by atoms with Gasteiger partial charge in [0, 0.05) is 18.2 Å². The lowest BCUT2D eigenvalue weighted by molar-refractivity contribution is -0.136. The fourth-order valence-electron chi connectivity index (χ4n) is 2.57. The zero-order valence-electron chi connectivity index (χ0n) is 12.2. The predicted molar refractivity (Wildman–Crippen MR) is 72.7 cm³/mol. The highest BCUT2D eigenvalue weighted by Crippen LogP contribution is 2.19. The molecule has 2 rings (SSSR count). The van der Waals surface area contributed by atoms with E-state index in [0.29, 0.717) is 12.6 Å². The highest BCUT2D eigenvalue weighted by molar-refractivity contribution is 5.82. The van der Waals surface area contributed by atoms with Gasteiger partial charge < -0.3 is 14.7 Å². The molecule has 0 bridgehead atoms. The number of piperidine rings is 1. The maximum Gasteiger partial charge on any atom is 0.240 e. The standard InChI is InChI=1S/C14H23N3O2/c1-9(2)15-13-6-5-7-17(14(13)18)8-12-10(3)16-19-11(12)4/h9,13,15H,5-8H2,1-4H3. The van der Waals surface area contributed by atoms with E-state index < -0.39 is 0 Å². The first kappa shape index (κ1) is 14.1. The molecule has 1 atom stereocenters. The van der Waals surface area contributed by atoms with Crippen molar-refractivity contribution >= 4 is 5.91 Å². The van der Waals surface area contributed by atoms with E-state index in [-0.39, 0.29) is 11.9 Å². The second-order valence-electron chi connectivity index (χ2n) is 5.58. The molecule has 0 radical (unpaired) electrons. The van der Waals surface area contributed by atoms with Crippen molar-refractivity contribution in [2.45, 2.75) is 59.2 Å². The summed E-state index contributed by atoms with van der Waals surface area (Å²) in [7, 11) is 0. The van der Waals surface area contributed by atoms with Gasteiger partial charge in [-0.3, -0.25) is 4.79 Å². The number of nitrogens with one attached hydrogen (secondary N) is 1. The predicted octanol–water partition coefficient (Wildman–Crippen LogP) is 1.78. The Morgan fingerprint density at radius 1 is 1.47 bits per heavy atom. The minimum Gasteiger partial charge on any atom is -0.361 e. The minimum atomic E-state index is -0.0470. The van der Waals surface area contributed by atoms with Crippen molar-refractivity contribution in [1.82, 2.24) is 15.4 Å². The van der Waals surface area contributed by atoms with Gasteiger partial charge in [0.05, 0.1) is 18.3 Å². The summed E-state index contributed by atoms with van der Waals surface area (Å²) in [6.07, 6.45) is 1.97. The van der Waals surface area contributed by atoms with Crippen LogP contribution < -0.4 is 5.32 Å². The van der Waals surface area contributed by atoms with Crippen LogP contribution in [0.1, 0.15) is 43.7 Å². The summed E-state index contributed by atoms with van der Waals surface area (Å²) >= 11 is 0. The molecule has 5 nitrogen and oxygen atoms in total. The smallest absolute Gasteiger partial charge is 0.240 e. The molecule has 1 N–H and O–H groups in total. The summed E-state index contributed by atoms with van der Waals surface area (Å²) in [6, 6.07) is 0.280. The molecule has 1 unspecified atom stereocenters. The van der Waals surface area contributed by atoms with Crippen molar-refractivity contribution in [2.75, 3.05) is 6.54 Å². The maximum absolute atomic E-state index is 12.4. The number of carbonyl (C=O) groups is 1. The van der Waals surface area contributed by atoms with Crippen molar-refractivity contribution in [1.29, 1.82) is 0 Å². The lowest BCUT2D eigenvalue weighted by Crippen LogP contribution is -2.52. The van der Waals surface area contributed by atoms with Gasteiger partial charge in [0.15, 0.2) is 0 Å². The Morgan fingerprint density at radius 2 is 2.21 bits per heavy atom. The number of hydrogen-bond donors (Lipinski definition) is 1.